The third kappa shape index (κ3) is 3.26. The minimum absolute atomic E-state index is 0.0980. The van der Waals surface area contributed by atoms with Crippen molar-refractivity contribution in [3.63, 3.8) is 0 Å². The Morgan fingerprint density at radius 1 is 1.35 bits per heavy atom. The lowest BCUT2D eigenvalue weighted by atomic mass is 10.2. The van der Waals surface area contributed by atoms with Crippen molar-refractivity contribution in [2.24, 2.45) is 0 Å². The molecule has 1 unspecified atom stereocenters. The first-order valence-corrected chi connectivity index (χ1v) is 6.85. The molecule has 2 heterocycles. The fraction of sp³-hybridized carbons (Fsp3) is 0.500. The normalized spacial score (nSPS) is 15.8. The summed E-state index contributed by atoms with van der Waals surface area (Å²) >= 11 is 0. The van der Waals surface area contributed by atoms with Gasteiger partial charge in [-0.05, 0) is 31.9 Å². The molecule has 0 saturated carbocycles. The zero-order chi connectivity index (χ0) is 14.5. The van der Waals surface area contributed by atoms with Gasteiger partial charge in [-0.1, -0.05) is 0 Å². The monoisotopic (exact) mass is 276 g/mol. The molecule has 1 aromatic rings. The van der Waals surface area contributed by atoms with Crippen LogP contribution in [-0.2, 0) is 4.79 Å². The molecule has 108 valence electrons. The lowest BCUT2D eigenvalue weighted by Crippen LogP contribution is -2.39. The summed E-state index contributed by atoms with van der Waals surface area (Å²) in [6, 6.07) is 3.08. The maximum atomic E-state index is 12.2. The highest BCUT2D eigenvalue weighted by molar-refractivity contribution is 5.93. The highest BCUT2D eigenvalue weighted by Gasteiger charge is 2.23. The number of carbonyl (C=O) groups excluding carboxylic acids is 2. The summed E-state index contributed by atoms with van der Waals surface area (Å²) in [5.74, 6) is -0.145. The number of rotatable bonds is 4. The maximum Gasteiger partial charge on any atom is 0.269 e. The number of nitrogens with zero attached hydrogens (tertiary/aromatic N) is 2. The molecule has 1 atom stereocenters. The number of likely N-dealkylation sites (tertiary alicyclic amines) is 1. The lowest BCUT2D eigenvalue weighted by Gasteiger charge is -2.21. The molecule has 20 heavy (non-hydrogen) atoms. The SMILES string of the molecule is CNC(=O)c1cc(NC(C)C(=O)N2CCCC2)ccn1. The van der Waals surface area contributed by atoms with Crippen LogP contribution in [0.5, 0.6) is 0 Å². The van der Waals surface area contributed by atoms with Gasteiger partial charge < -0.3 is 15.5 Å². The molecular weight excluding hydrogens is 256 g/mol. The van der Waals surface area contributed by atoms with E-state index in [1.165, 1.54) is 0 Å². The molecule has 1 saturated heterocycles. The highest BCUT2D eigenvalue weighted by atomic mass is 16.2. The van der Waals surface area contributed by atoms with Crippen LogP contribution in [-0.4, -0.2) is 47.9 Å². The summed E-state index contributed by atoms with van der Waals surface area (Å²) in [5, 5.41) is 5.65. The molecule has 6 nitrogen and oxygen atoms in total. The number of hydrogen-bond acceptors (Lipinski definition) is 4. The smallest absolute Gasteiger partial charge is 0.269 e. The first kappa shape index (κ1) is 14.3. The molecule has 0 radical (unpaired) electrons. The van der Waals surface area contributed by atoms with E-state index in [1.54, 1.807) is 25.4 Å². The van der Waals surface area contributed by atoms with Crippen molar-refractivity contribution < 1.29 is 9.59 Å². The minimum Gasteiger partial charge on any atom is -0.374 e. The Bertz CT molecular complexity index is 498. The van der Waals surface area contributed by atoms with Crippen LogP contribution in [0.3, 0.4) is 0 Å². The van der Waals surface area contributed by atoms with Crippen molar-refractivity contribution in [3.8, 4) is 0 Å². The van der Waals surface area contributed by atoms with Gasteiger partial charge in [0, 0.05) is 32.0 Å². The molecular formula is C14H20N4O2. The van der Waals surface area contributed by atoms with Crippen molar-refractivity contribution in [1.82, 2.24) is 15.2 Å². The average Bonchev–Trinajstić information content (AvgIpc) is 3.00. The molecule has 2 amide bonds. The average molecular weight is 276 g/mol. The molecule has 0 aliphatic carbocycles. The van der Waals surface area contributed by atoms with Crippen LogP contribution in [0.1, 0.15) is 30.3 Å². The number of anilines is 1. The highest BCUT2D eigenvalue weighted by Crippen LogP contribution is 2.13. The summed E-state index contributed by atoms with van der Waals surface area (Å²) in [4.78, 5) is 29.6. The molecule has 1 aliphatic rings. The quantitative estimate of drug-likeness (QED) is 0.855. The molecule has 0 aromatic carbocycles. The third-order valence-electron chi connectivity index (χ3n) is 3.39. The molecule has 2 N–H and O–H groups in total. The number of aromatic nitrogens is 1. The van der Waals surface area contributed by atoms with Gasteiger partial charge >= 0.3 is 0 Å². The third-order valence-corrected chi connectivity index (χ3v) is 3.39. The van der Waals surface area contributed by atoms with E-state index in [4.69, 9.17) is 0 Å². The van der Waals surface area contributed by atoms with E-state index in [0.29, 0.717) is 5.69 Å². The number of nitrogens with one attached hydrogen (secondary N) is 2. The molecule has 0 bridgehead atoms. The summed E-state index contributed by atoms with van der Waals surface area (Å²) in [5.41, 5.74) is 1.05. The molecule has 2 rings (SSSR count). The van der Waals surface area contributed by atoms with Crippen LogP contribution < -0.4 is 10.6 Å². The second-order valence-corrected chi connectivity index (χ2v) is 4.91. The summed E-state index contributed by atoms with van der Waals surface area (Å²) in [6.45, 7) is 3.51. The summed E-state index contributed by atoms with van der Waals surface area (Å²) in [6.07, 6.45) is 3.71. The van der Waals surface area contributed by atoms with Crippen molar-refractivity contribution in [2.45, 2.75) is 25.8 Å². The topological polar surface area (TPSA) is 74.3 Å². The summed E-state index contributed by atoms with van der Waals surface area (Å²) < 4.78 is 0. The Balaban J connectivity index is 2.01. The maximum absolute atomic E-state index is 12.2. The standard InChI is InChI=1S/C14H20N4O2/c1-10(14(20)18-7-3-4-8-18)17-11-5-6-16-12(9-11)13(19)15-2/h5-6,9-10H,3-4,7-8H2,1-2H3,(H,15,19)(H,16,17). The van der Waals surface area contributed by atoms with Gasteiger partial charge in [-0.3, -0.25) is 14.6 Å². The predicted molar refractivity (Wildman–Crippen MR) is 76.5 cm³/mol. The molecule has 0 spiro atoms. The van der Waals surface area contributed by atoms with Crippen molar-refractivity contribution in [2.75, 3.05) is 25.5 Å². The fourth-order valence-electron chi connectivity index (χ4n) is 2.30. The zero-order valence-electron chi connectivity index (χ0n) is 11.8. The first-order valence-electron chi connectivity index (χ1n) is 6.85. The van der Waals surface area contributed by atoms with Crippen LogP contribution in [0.25, 0.3) is 0 Å². The van der Waals surface area contributed by atoms with Crippen LogP contribution in [0.4, 0.5) is 5.69 Å². The Labute approximate surface area is 118 Å². The first-order chi connectivity index (χ1) is 9.61. The largest absolute Gasteiger partial charge is 0.374 e. The van der Waals surface area contributed by atoms with Gasteiger partial charge in [-0.25, -0.2) is 0 Å². The van der Waals surface area contributed by atoms with Gasteiger partial charge in [0.25, 0.3) is 5.91 Å². The van der Waals surface area contributed by atoms with E-state index >= 15 is 0 Å². The van der Waals surface area contributed by atoms with Crippen LogP contribution >= 0.6 is 0 Å². The van der Waals surface area contributed by atoms with E-state index in [2.05, 4.69) is 15.6 Å². The number of carbonyl (C=O) groups is 2. The second-order valence-electron chi connectivity index (χ2n) is 4.91. The minimum atomic E-state index is -0.312. The van der Waals surface area contributed by atoms with Gasteiger partial charge in [0.2, 0.25) is 5.91 Å². The van der Waals surface area contributed by atoms with E-state index in [9.17, 15) is 9.59 Å². The van der Waals surface area contributed by atoms with Crippen LogP contribution in [0, 0.1) is 0 Å². The van der Waals surface area contributed by atoms with Crippen LogP contribution in [0.15, 0.2) is 18.3 Å². The van der Waals surface area contributed by atoms with E-state index in [0.717, 1.165) is 31.6 Å². The van der Waals surface area contributed by atoms with Gasteiger partial charge in [0.05, 0.1) is 0 Å². The Hall–Kier alpha value is -2.11. The molecule has 1 aliphatic heterocycles. The Kier molecular flexibility index (Phi) is 4.55. The van der Waals surface area contributed by atoms with E-state index in [-0.39, 0.29) is 17.9 Å². The predicted octanol–water partition coefficient (Wildman–Crippen LogP) is 0.864. The van der Waals surface area contributed by atoms with Crippen molar-refractivity contribution in [3.05, 3.63) is 24.0 Å². The lowest BCUT2D eigenvalue weighted by molar-refractivity contribution is -0.130. The molecule has 6 heteroatoms. The number of pyridine rings is 1. The zero-order valence-corrected chi connectivity index (χ0v) is 11.8. The summed E-state index contributed by atoms with van der Waals surface area (Å²) in [7, 11) is 1.56. The Morgan fingerprint density at radius 2 is 2.05 bits per heavy atom. The molecule has 1 aromatic heterocycles. The number of amides is 2. The van der Waals surface area contributed by atoms with Gasteiger partial charge in [-0.2, -0.15) is 0 Å². The van der Waals surface area contributed by atoms with E-state index < -0.39 is 0 Å². The van der Waals surface area contributed by atoms with E-state index in [1.807, 2.05) is 11.8 Å². The Morgan fingerprint density at radius 3 is 2.70 bits per heavy atom. The van der Waals surface area contributed by atoms with Crippen molar-refractivity contribution >= 4 is 17.5 Å². The van der Waals surface area contributed by atoms with Gasteiger partial charge in [0.1, 0.15) is 11.7 Å². The second kappa shape index (κ2) is 6.36. The van der Waals surface area contributed by atoms with Gasteiger partial charge in [-0.15, -0.1) is 0 Å². The van der Waals surface area contributed by atoms with Crippen molar-refractivity contribution in [1.29, 1.82) is 0 Å². The molecule has 1 fully saturated rings. The van der Waals surface area contributed by atoms with Crippen LogP contribution in [0.2, 0.25) is 0 Å². The van der Waals surface area contributed by atoms with Gasteiger partial charge in [0.15, 0.2) is 0 Å². The number of hydrogen-bond donors (Lipinski definition) is 2. The fourth-order valence-corrected chi connectivity index (χ4v) is 2.30.